The van der Waals surface area contributed by atoms with Crippen LogP contribution < -0.4 is 16.4 Å². The fourth-order valence-corrected chi connectivity index (χ4v) is 3.27. The van der Waals surface area contributed by atoms with E-state index in [0.29, 0.717) is 41.5 Å². The first-order chi connectivity index (χ1) is 16.6. The zero-order chi connectivity index (χ0) is 23.8. The molecule has 1 atom stereocenters. The second-order valence-corrected chi connectivity index (χ2v) is 7.20. The minimum Gasteiger partial charge on any atom is -0.463 e. The van der Waals surface area contributed by atoms with Gasteiger partial charge in [0.05, 0.1) is 23.3 Å². The van der Waals surface area contributed by atoms with Crippen molar-refractivity contribution in [3.8, 4) is 11.5 Å². The van der Waals surface area contributed by atoms with Gasteiger partial charge in [0.15, 0.2) is 5.76 Å². The Morgan fingerprint density at radius 3 is 2.65 bits per heavy atom. The number of carbonyl (C=O) groups is 2. The van der Waals surface area contributed by atoms with Gasteiger partial charge in [-0.25, -0.2) is 14.8 Å². The van der Waals surface area contributed by atoms with Gasteiger partial charge in [-0.05, 0) is 35.9 Å². The first-order valence-corrected chi connectivity index (χ1v) is 10.4. The smallest absolute Gasteiger partial charge is 0.407 e. The molecule has 0 saturated carbocycles. The van der Waals surface area contributed by atoms with Crippen LogP contribution in [0.3, 0.4) is 0 Å². The van der Waals surface area contributed by atoms with E-state index >= 15 is 0 Å². The minimum atomic E-state index is -0.705. The molecule has 3 aromatic heterocycles. The normalized spacial score (nSPS) is 11.4. The molecule has 0 fully saturated rings. The number of amides is 2. The van der Waals surface area contributed by atoms with Crippen molar-refractivity contribution in [3.63, 3.8) is 0 Å². The average Bonchev–Trinajstić information content (AvgIpc) is 3.40. The van der Waals surface area contributed by atoms with E-state index in [1.807, 2.05) is 30.3 Å². The number of hydrogen-bond acceptors (Lipinski definition) is 8. The molecular weight excluding hydrogens is 436 g/mol. The third-order valence-corrected chi connectivity index (χ3v) is 4.82. The van der Waals surface area contributed by atoms with E-state index in [0.717, 1.165) is 5.56 Å². The third-order valence-electron chi connectivity index (χ3n) is 4.82. The van der Waals surface area contributed by atoms with Crippen molar-refractivity contribution in [3.05, 3.63) is 95.6 Å². The van der Waals surface area contributed by atoms with Gasteiger partial charge in [0, 0.05) is 6.54 Å². The van der Waals surface area contributed by atoms with Gasteiger partial charge in [0.25, 0.3) is 0 Å². The lowest BCUT2D eigenvalue weighted by Gasteiger charge is -2.17. The van der Waals surface area contributed by atoms with Crippen molar-refractivity contribution in [2.75, 3.05) is 5.73 Å². The van der Waals surface area contributed by atoms with E-state index < -0.39 is 12.1 Å². The number of ether oxygens (including phenoxy) is 1. The molecule has 172 valence electrons. The summed E-state index contributed by atoms with van der Waals surface area (Å²) < 4.78 is 10.7. The number of nitrogens with one attached hydrogen (secondary N) is 2. The molecule has 3 heterocycles. The summed E-state index contributed by atoms with van der Waals surface area (Å²) in [5, 5.41) is 5.40. The number of nitrogens with zero attached hydrogens (tertiary/aromatic N) is 3. The van der Waals surface area contributed by atoms with Gasteiger partial charge in [-0.1, -0.05) is 36.4 Å². The van der Waals surface area contributed by atoms with Crippen LogP contribution in [0.25, 0.3) is 11.5 Å². The van der Waals surface area contributed by atoms with Gasteiger partial charge in [-0.15, -0.1) is 0 Å². The third kappa shape index (κ3) is 5.74. The van der Waals surface area contributed by atoms with Crippen LogP contribution >= 0.6 is 0 Å². The Bertz CT molecular complexity index is 1250. The Labute approximate surface area is 195 Å². The molecule has 10 nitrogen and oxygen atoms in total. The molecule has 1 unspecified atom stereocenters. The summed E-state index contributed by atoms with van der Waals surface area (Å²) in [6, 6.07) is 19.1. The quantitative estimate of drug-likeness (QED) is 0.325. The molecule has 2 amide bonds. The summed E-state index contributed by atoms with van der Waals surface area (Å²) in [5.74, 6) is 0.535. The summed E-state index contributed by atoms with van der Waals surface area (Å²) in [5.41, 5.74) is 8.74. The number of pyridine rings is 1. The largest absolute Gasteiger partial charge is 0.463 e. The van der Waals surface area contributed by atoms with Crippen LogP contribution in [-0.4, -0.2) is 27.5 Å². The lowest BCUT2D eigenvalue weighted by Crippen LogP contribution is -2.25. The Morgan fingerprint density at radius 2 is 1.88 bits per heavy atom. The van der Waals surface area contributed by atoms with Crippen molar-refractivity contribution in [2.45, 2.75) is 19.2 Å². The van der Waals surface area contributed by atoms with Crippen molar-refractivity contribution < 1.29 is 18.7 Å². The summed E-state index contributed by atoms with van der Waals surface area (Å²) in [4.78, 5) is 36.4. The first kappa shape index (κ1) is 22.5. The highest BCUT2D eigenvalue weighted by atomic mass is 16.5. The SMILES string of the molecule is Nc1nc(-c2ccco2)cc(C(NC=O)c2cccc(COC(=O)NCc3ccccc3)n2)n1. The van der Waals surface area contributed by atoms with Crippen LogP contribution in [0.4, 0.5) is 10.7 Å². The lowest BCUT2D eigenvalue weighted by atomic mass is 10.1. The van der Waals surface area contributed by atoms with Gasteiger partial charge >= 0.3 is 6.09 Å². The number of nitrogens with two attached hydrogens (primary N) is 1. The van der Waals surface area contributed by atoms with E-state index in [1.165, 1.54) is 6.26 Å². The molecule has 1 aromatic carbocycles. The van der Waals surface area contributed by atoms with Crippen LogP contribution in [0, 0.1) is 0 Å². The molecule has 0 radical (unpaired) electrons. The van der Waals surface area contributed by atoms with Crippen LogP contribution in [0.1, 0.15) is 28.7 Å². The van der Waals surface area contributed by atoms with Crippen molar-refractivity contribution in [1.29, 1.82) is 0 Å². The van der Waals surface area contributed by atoms with Gasteiger partial charge in [0.1, 0.15) is 18.3 Å². The molecule has 0 spiro atoms. The van der Waals surface area contributed by atoms with E-state index in [-0.39, 0.29) is 12.6 Å². The molecule has 0 aliphatic carbocycles. The van der Waals surface area contributed by atoms with E-state index in [2.05, 4.69) is 25.6 Å². The zero-order valence-corrected chi connectivity index (χ0v) is 18.0. The standard InChI is InChI=1S/C24H22N6O4/c25-23-29-19(21-10-5-11-33-21)12-20(30-23)22(27-15-31)18-9-4-8-17(28-18)14-34-24(32)26-13-16-6-2-1-3-7-16/h1-12,15,22H,13-14H2,(H,26,32)(H,27,31)(H2,25,29,30). The highest BCUT2D eigenvalue weighted by molar-refractivity contribution is 5.67. The molecular formula is C24H22N6O4. The predicted octanol–water partition coefficient (Wildman–Crippen LogP) is 2.98. The fraction of sp³-hybridized carbons (Fsp3) is 0.125. The Kier molecular flexibility index (Phi) is 7.09. The second-order valence-electron chi connectivity index (χ2n) is 7.20. The van der Waals surface area contributed by atoms with Crippen LogP contribution in [-0.2, 0) is 22.7 Å². The molecule has 34 heavy (non-hydrogen) atoms. The molecule has 4 aromatic rings. The Morgan fingerprint density at radius 1 is 1.03 bits per heavy atom. The van der Waals surface area contributed by atoms with Gasteiger partial charge < -0.3 is 25.5 Å². The Balaban J connectivity index is 1.47. The number of carbonyl (C=O) groups excluding carboxylic acids is 2. The molecule has 0 aliphatic heterocycles. The maximum absolute atomic E-state index is 12.1. The van der Waals surface area contributed by atoms with Crippen LogP contribution in [0.15, 0.2) is 77.4 Å². The number of aromatic nitrogens is 3. The number of furan rings is 1. The molecule has 0 bridgehead atoms. The highest BCUT2D eigenvalue weighted by Gasteiger charge is 2.20. The Hall–Kier alpha value is -4.73. The number of alkyl carbamates (subject to hydrolysis) is 1. The number of anilines is 1. The van der Waals surface area contributed by atoms with Crippen LogP contribution in [0.5, 0.6) is 0 Å². The summed E-state index contributed by atoms with van der Waals surface area (Å²) >= 11 is 0. The monoisotopic (exact) mass is 458 g/mol. The lowest BCUT2D eigenvalue weighted by molar-refractivity contribution is -0.110. The molecule has 0 aliphatic rings. The number of hydrogen-bond donors (Lipinski definition) is 3. The summed E-state index contributed by atoms with van der Waals surface area (Å²) in [6.45, 7) is 0.303. The fourth-order valence-electron chi connectivity index (χ4n) is 3.27. The predicted molar refractivity (Wildman–Crippen MR) is 123 cm³/mol. The maximum Gasteiger partial charge on any atom is 0.407 e. The number of benzene rings is 1. The van der Waals surface area contributed by atoms with Crippen molar-refractivity contribution in [2.24, 2.45) is 0 Å². The summed E-state index contributed by atoms with van der Waals surface area (Å²) in [7, 11) is 0. The van der Waals surface area contributed by atoms with E-state index in [1.54, 1.807) is 36.4 Å². The topological polar surface area (TPSA) is 145 Å². The summed E-state index contributed by atoms with van der Waals surface area (Å²) in [6.07, 6.45) is 1.51. The molecule has 10 heteroatoms. The maximum atomic E-state index is 12.1. The van der Waals surface area contributed by atoms with Gasteiger partial charge in [-0.3, -0.25) is 9.78 Å². The molecule has 0 saturated heterocycles. The second kappa shape index (κ2) is 10.7. The van der Waals surface area contributed by atoms with E-state index in [4.69, 9.17) is 14.9 Å². The number of rotatable bonds is 9. The average molecular weight is 458 g/mol. The molecule has 4 rings (SSSR count). The van der Waals surface area contributed by atoms with Crippen molar-refractivity contribution in [1.82, 2.24) is 25.6 Å². The molecule has 4 N–H and O–H groups in total. The zero-order valence-electron chi connectivity index (χ0n) is 18.0. The van der Waals surface area contributed by atoms with Crippen molar-refractivity contribution >= 4 is 18.5 Å². The number of nitrogen functional groups attached to an aromatic ring is 1. The van der Waals surface area contributed by atoms with Gasteiger partial charge in [-0.2, -0.15) is 0 Å². The van der Waals surface area contributed by atoms with Crippen LogP contribution in [0.2, 0.25) is 0 Å². The van der Waals surface area contributed by atoms with Gasteiger partial charge in [0.2, 0.25) is 12.4 Å². The van der Waals surface area contributed by atoms with E-state index in [9.17, 15) is 9.59 Å². The minimum absolute atomic E-state index is 0.0242. The highest BCUT2D eigenvalue weighted by Crippen LogP contribution is 2.25. The first-order valence-electron chi connectivity index (χ1n) is 10.4.